The first-order valence-corrected chi connectivity index (χ1v) is 4.30. The maximum absolute atomic E-state index is 8.72. The molecule has 0 unspecified atom stereocenters. The summed E-state index contributed by atoms with van der Waals surface area (Å²) in [5, 5.41) is 8.72. The molecule has 72 valence electrons. The van der Waals surface area contributed by atoms with Gasteiger partial charge in [-0.1, -0.05) is 0 Å². The van der Waals surface area contributed by atoms with Crippen molar-refractivity contribution in [3.8, 4) is 0 Å². The van der Waals surface area contributed by atoms with E-state index in [-0.39, 0.29) is 12.7 Å². The number of morpholine rings is 1. The SMILES string of the molecule is COC[C@@H]1CN(CCO)CCO1. The highest BCUT2D eigenvalue weighted by Gasteiger charge is 2.19. The Bertz CT molecular complexity index is 105. The van der Waals surface area contributed by atoms with Gasteiger partial charge in [0.2, 0.25) is 0 Å². The van der Waals surface area contributed by atoms with Crippen LogP contribution in [0.25, 0.3) is 0 Å². The van der Waals surface area contributed by atoms with Crippen molar-refractivity contribution in [2.45, 2.75) is 6.10 Å². The number of nitrogens with zero attached hydrogens (tertiary/aromatic N) is 1. The Morgan fingerprint density at radius 1 is 1.67 bits per heavy atom. The Hall–Kier alpha value is -0.160. The van der Waals surface area contributed by atoms with Crippen molar-refractivity contribution in [3.63, 3.8) is 0 Å². The fourth-order valence-electron chi connectivity index (χ4n) is 1.41. The third-order valence-electron chi connectivity index (χ3n) is 1.99. The zero-order chi connectivity index (χ0) is 8.81. The lowest BCUT2D eigenvalue weighted by Gasteiger charge is -2.31. The zero-order valence-electron chi connectivity index (χ0n) is 7.53. The van der Waals surface area contributed by atoms with Crippen LogP contribution in [0.15, 0.2) is 0 Å². The van der Waals surface area contributed by atoms with Crippen molar-refractivity contribution in [2.24, 2.45) is 0 Å². The molecule has 1 fully saturated rings. The molecule has 1 atom stereocenters. The molecular weight excluding hydrogens is 158 g/mol. The van der Waals surface area contributed by atoms with Crippen molar-refractivity contribution in [1.29, 1.82) is 0 Å². The number of aliphatic hydroxyl groups is 1. The molecule has 0 bridgehead atoms. The summed E-state index contributed by atoms with van der Waals surface area (Å²) >= 11 is 0. The highest BCUT2D eigenvalue weighted by atomic mass is 16.5. The average molecular weight is 175 g/mol. The van der Waals surface area contributed by atoms with Crippen LogP contribution < -0.4 is 0 Å². The molecule has 1 aliphatic rings. The molecule has 4 heteroatoms. The summed E-state index contributed by atoms with van der Waals surface area (Å²) < 4.78 is 10.4. The van der Waals surface area contributed by atoms with Gasteiger partial charge in [0, 0.05) is 26.7 Å². The zero-order valence-corrected chi connectivity index (χ0v) is 7.53. The van der Waals surface area contributed by atoms with Gasteiger partial charge >= 0.3 is 0 Å². The lowest BCUT2D eigenvalue weighted by molar-refractivity contribution is -0.0633. The van der Waals surface area contributed by atoms with Crippen LogP contribution in [0, 0.1) is 0 Å². The summed E-state index contributed by atoms with van der Waals surface area (Å²) in [4.78, 5) is 2.19. The highest BCUT2D eigenvalue weighted by Crippen LogP contribution is 2.04. The first-order valence-electron chi connectivity index (χ1n) is 4.30. The molecule has 1 aliphatic heterocycles. The lowest BCUT2D eigenvalue weighted by atomic mass is 10.3. The van der Waals surface area contributed by atoms with Gasteiger partial charge in [-0.2, -0.15) is 0 Å². The minimum atomic E-state index is 0.176. The van der Waals surface area contributed by atoms with Gasteiger partial charge in [0.15, 0.2) is 0 Å². The molecule has 1 rings (SSSR count). The molecule has 12 heavy (non-hydrogen) atoms. The summed E-state index contributed by atoms with van der Waals surface area (Å²) in [5.41, 5.74) is 0. The largest absolute Gasteiger partial charge is 0.395 e. The van der Waals surface area contributed by atoms with E-state index in [1.54, 1.807) is 7.11 Å². The van der Waals surface area contributed by atoms with E-state index in [1.807, 2.05) is 0 Å². The second kappa shape index (κ2) is 5.48. The molecule has 0 spiro atoms. The molecular formula is C8H17NO3. The summed E-state index contributed by atoms with van der Waals surface area (Å²) in [6.45, 7) is 4.13. The van der Waals surface area contributed by atoms with Gasteiger partial charge in [0.1, 0.15) is 0 Å². The van der Waals surface area contributed by atoms with Crippen LogP contribution in [0.5, 0.6) is 0 Å². The fourth-order valence-corrected chi connectivity index (χ4v) is 1.41. The van der Waals surface area contributed by atoms with Crippen LogP contribution in [0.4, 0.5) is 0 Å². The van der Waals surface area contributed by atoms with Crippen LogP contribution in [-0.2, 0) is 9.47 Å². The molecule has 0 radical (unpaired) electrons. The Morgan fingerprint density at radius 3 is 3.17 bits per heavy atom. The van der Waals surface area contributed by atoms with Crippen LogP contribution in [-0.4, -0.2) is 62.7 Å². The molecule has 0 aromatic heterocycles. The number of rotatable bonds is 4. The van der Waals surface area contributed by atoms with E-state index in [2.05, 4.69) is 4.90 Å². The van der Waals surface area contributed by atoms with Crippen molar-refractivity contribution in [1.82, 2.24) is 4.90 Å². The summed E-state index contributed by atoms with van der Waals surface area (Å²) in [5.74, 6) is 0. The second-order valence-corrected chi connectivity index (χ2v) is 2.97. The quantitative estimate of drug-likeness (QED) is 0.615. The van der Waals surface area contributed by atoms with Crippen LogP contribution in [0.3, 0.4) is 0 Å². The van der Waals surface area contributed by atoms with Crippen LogP contribution in [0.2, 0.25) is 0 Å². The van der Waals surface area contributed by atoms with E-state index in [0.29, 0.717) is 6.61 Å². The molecule has 0 saturated carbocycles. The number of aliphatic hydroxyl groups excluding tert-OH is 1. The van der Waals surface area contributed by atoms with Gasteiger partial charge in [-0.15, -0.1) is 0 Å². The number of hydrogen-bond acceptors (Lipinski definition) is 4. The smallest absolute Gasteiger partial charge is 0.0935 e. The van der Waals surface area contributed by atoms with Gasteiger partial charge < -0.3 is 14.6 Å². The van der Waals surface area contributed by atoms with Gasteiger partial charge in [-0.25, -0.2) is 0 Å². The van der Waals surface area contributed by atoms with E-state index < -0.39 is 0 Å². The highest BCUT2D eigenvalue weighted by molar-refractivity contribution is 4.70. The predicted molar refractivity (Wildman–Crippen MR) is 45.1 cm³/mol. The maximum atomic E-state index is 8.72. The third-order valence-corrected chi connectivity index (χ3v) is 1.99. The van der Waals surface area contributed by atoms with Crippen molar-refractivity contribution in [3.05, 3.63) is 0 Å². The Kier molecular flexibility index (Phi) is 4.53. The number of β-amino-alcohol motifs (C(OH)–C–C–N with tert-alkyl or cyclic N) is 1. The molecule has 0 amide bonds. The van der Waals surface area contributed by atoms with Crippen molar-refractivity contribution < 1.29 is 14.6 Å². The maximum Gasteiger partial charge on any atom is 0.0935 e. The second-order valence-electron chi connectivity index (χ2n) is 2.97. The number of hydrogen-bond donors (Lipinski definition) is 1. The molecule has 1 heterocycles. The number of methoxy groups -OCH3 is 1. The lowest BCUT2D eigenvalue weighted by Crippen LogP contribution is -2.45. The van der Waals surface area contributed by atoms with E-state index in [1.165, 1.54) is 0 Å². The van der Waals surface area contributed by atoms with E-state index >= 15 is 0 Å². The van der Waals surface area contributed by atoms with Gasteiger partial charge in [0.25, 0.3) is 0 Å². The van der Waals surface area contributed by atoms with E-state index in [9.17, 15) is 0 Å². The first kappa shape index (κ1) is 9.92. The Labute approximate surface area is 73.1 Å². The molecule has 1 N–H and O–H groups in total. The first-order chi connectivity index (χ1) is 5.86. The standard InChI is InChI=1S/C8H17NO3/c1-11-7-8-6-9(2-4-10)3-5-12-8/h8,10H,2-7H2,1H3/t8-/m0/s1. The molecule has 1 saturated heterocycles. The van der Waals surface area contributed by atoms with Crippen LogP contribution in [0.1, 0.15) is 0 Å². The number of ether oxygens (including phenoxy) is 2. The Balaban J connectivity index is 2.20. The van der Waals surface area contributed by atoms with E-state index in [0.717, 1.165) is 26.2 Å². The summed E-state index contributed by atoms with van der Waals surface area (Å²) in [6.07, 6.45) is 0.176. The van der Waals surface area contributed by atoms with Crippen LogP contribution >= 0.6 is 0 Å². The molecule has 0 aliphatic carbocycles. The minimum absolute atomic E-state index is 0.176. The van der Waals surface area contributed by atoms with Gasteiger partial charge in [-0.3, -0.25) is 4.90 Å². The van der Waals surface area contributed by atoms with Gasteiger partial charge in [0.05, 0.1) is 25.9 Å². The van der Waals surface area contributed by atoms with Crippen molar-refractivity contribution >= 4 is 0 Å². The summed E-state index contributed by atoms with van der Waals surface area (Å²) in [7, 11) is 1.67. The molecule has 0 aromatic rings. The Morgan fingerprint density at radius 2 is 2.50 bits per heavy atom. The predicted octanol–water partition coefficient (Wildman–Crippen LogP) is -0.674. The molecule has 4 nitrogen and oxygen atoms in total. The minimum Gasteiger partial charge on any atom is -0.395 e. The summed E-state index contributed by atoms with van der Waals surface area (Å²) in [6, 6.07) is 0. The van der Waals surface area contributed by atoms with E-state index in [4.69, 9.17) is 14.6 Å². The third kappa shape index (κ3) is 3.06. The van der Waals surface area contributed by atoms with Gasteiger partial charge in [-0.05, 0) is 0 Å². The fraction of sp³-hybridized carbons (Fsp3) is 1.00. The monoisotopic (exact) mass is 175 g/mol. The normalized spacial score (nSPS) is 26.0. The topological polar surface area (TPSA) is 41.9 Å². The van der Waals surface area contributed by atoms with Crippen molar-refractivity contribution in [2.75, 3.05) is 46.6 Å². The average Bonchev–Trinajstić information content (AvgIpc) is 2.06. The molecule has 0 aromatic carbocycles.